The van der Waals surface area contributed by atoms with Gasteiger partial charge in [-0.25, -0.2) is 0 Å². The van der Waals surface area contributed by atoms with E-state index in [0.29, 0.717) is 12.2 Å². The van der Waals surface area contributed by atoms with Gasteiger partial charge in [0.05, 0.1) is 4.92 Å². The van der Waals surface area contributed by atoms with Crippen LogP contribution in [0.25, 0.3) is 0 Å². The summed E-state index contributed by atoms with van der Waals surface area (Å²) < 4.78 is 1.04. The van der Waals surface area contributed by atoms with Crippen molar-refractivity contribution in [3.05, 3.63) is 68.2 Å². The molecule has 0 radical (unpaired) electrons. The van der Waals surface area contributed by atoms with Crippen LogP contribution in [0.5, 0.6) is 0 Å². The summed E-state index contributed by atoms with van der Waals surface area (Å²) in [6.07, 6.45) is 0. The molecule has 1 N–H and O–H groups in total. The van der Waals surface area contributed by atoms with Crippen LogP contribution in [-0.4, -0.2) is 4.92 Å². The molecule has 2 aromatic carbocycles. The Bertz CT molecular complexity index is 614. The van der Waals surface area contributed by atoms with Gasteiger partial charge in [-0.1, -0.05) is 40.2 Å². The van der Waals surface area contributed by atoms with Gasteiger partial charge in [0.15, 0.2) is 0 Å². The largest absolute Gasteiger partial charge is 0.375 e. The molecule has 0 bridgehead atoms. The number of halogens is 1. The lowest BCUT2D eigenvalue weighted by molar-refractivity contribution is -0.384. The fourth-order valence-electron chi connectivity index (χ4n) is 1.73. The third-order valence-electron chi connectivity index (χ3n) is 2.82. The van der Waals surface area contributed by atoms with Gasteiger partial charge in [0.1, 0.15) is 5.69 Å². The Labute approximate surface area is 119 Å². The van der Waals surface area contributed by atoms with Crippen molar-refractivity contribution in [1.29, 1.82) is 0 Å². The molecule has 98 valence electrons. The van der Waals surface area contributed by atoms with E-state index in [1.807, 2.05) is 25.1 Å². The average Bonchev–Trinajstić information content (AvgIpc) is 2.40. The number of aryl methyl sites for hydroxylation is 1. The standard InChI is InChI=1S/C14H13BrN2O2/c1-10-6-7-11(8-12(10)15)9-16-13-4-2-3-5-14(13)17(18)19/h2-8,16H,9H2,1H3. The summed E-state index contributed by atoms with van der Waals surface area (Å²) in [5.41, 5.74) is 2.85. The molecule has 5 heteroatoms. The molecule has 0 unspecified atom stereocenters. The fraction of sp³-hybridized carbons (Fsp3) is 0.143. The van der Waals surface area contributed by atoms with Crippen LogP contribution >= 0.6 is 15.9 Å². The summed E-state index contributed by atoms with van der Waals surface area (Å²) in [4.78, 5) is 10.5. The lowest BCUT2D eigenvalue weighted by Gasteiger charge is -2.08. The average molecular weight is 321 g/mol. The summed E-state index contributed by atoms with van der Waals surface area (Å²) in [6.45, 7) is 2.56. The van der Waals surface area contributed by atoms with Crippen molar-refractivity contribution < 1.29 is 4.92 Å². The molecule has 0 aromatic heterocycles. The first-order valence-corrected chi connectivity index (χ1v) is 6.59. The van der Waals surface area contributed by atoms with E-state index in [-0.39, 0.29) is 10.6 Å². The van der Waals surface area contributed by atoms with E-state index in [1.165, 1.54) is 6.07 Å². The van der Waals surface area contributed by atoms with E-state index in [2.05, 4.69) is 21.2 Å². The Hall–Kier alpha value is -1.88. The molecule has 0 fully saturated rings. The van der Waals surface area contributed by atoms with Crippen LogP contribution in [0, 0.1) is 17.0 Å². The van der Waals surface area contributed by atoms with Crippen molar-refractivity contribution in [3.8, 4) is 0 Å². The number of rotatable bonds is 4. The number of para-hydroxylation sites is 2. The van der Waals surface area contributed by atoms with Crippen LogP contribution < -0.4 is 5.32 Å². The zero-order valence-corrected chi connectivity index (χ0v) is 12.0. The predicted octanol–water partition coefficient (Wildman–Crippen LogP) is 4.28. The molecular formula is C14H13BrN2O2. The lowest BCUT2D eigenvalue weighted by atomic mass is 10.1. The maximum Gasteiger partial charge on any atom is 0.292 e. The van der Waals surface area contributed by atoms with Gasteiger partial charge in [-0.3, -0.25) is 10.1 Å². The van der Waals surface area contributed by atoms with Crippen molar-refractivity contribution in [1.82, 2.24) is 0 Å². The number of anilines is 1. The van der Waals surface area contributed by atoms with E-state index < -0.39 is 0 Å². The normalized spacial score (nSPS) is 10.2. The van der Waals surface area contributed by atoms with Gasteiger partial charge in [0, 0.05) is 17.1 Å². The van der Waals surface area contributed by atoms with Crippen molar-refractivity contribution in [3.63, 3.8) is 0 Å². The Morgan fingerprint density at radius 1 is 1.26 bits per heavy atom. The van der Waals surface area contributed by atoms with E-state index in [0.717, 1.165) is 15.6 Å². The molecule has 0 saturated heterocycles. The SMILES string of the molecule is Cc1ccc(CNc2ccccc2[N+](=O)[O-])cc1Br. The van der Waals surface area contributed by atoms with Crippen LogP contribution in [0.2, 0.25) is 0 Å². The molecule has 2 rings (SSSR count). The van der Waals surface area contributed by atoms with Gasteiger partial charge in [0.2, 0.25) is 0 Å². The molecule has 0 aliphatic heterocycles. The second kappa shape index (κ2) is 5.84. The summed E-state index contributed by atoms with van der Waals surface area (Å²) >= 11 is 3.47. The number of hydrogen-bond donors (Lipinski definition) is 1. The molecule has 0 amide bonds. The molecule has 0 aliphatic carbocycles. The third-order valence-corrected chi connectivity index (χ3v) is 3.67. The van der Waals surface area contributed by atoms with E-state index in [4.69, 9.17) is 0 Å². The van der Waals surface area contributed by atoms with Gasteiger partial charge < -0.3 is 5.32 Å². The number of hydrogen-bond acceptors (Lipinski definition) is 3. The molecule has 4 nitrogen and oxygen atoms in total. The van der Waals surface area contributed by atoms with Crippen LogP contribution in [0.4, 0.5) is 11.4 Å². The monoisotopic (exact) mass is 320 g/mol. The molecule has 0 heterocycles. The summed E-state index contributed by atoms with van der Waals surface area (Å²) in [7, 11) is 0. The Morgan fingerprint density at radius 2 is 2.00 bits per heavy atom. The number of benzene rings is 2. The molecule has 0 spiro atoms. The smallest absolute Gasteiger partial charge is 0.292 e. The first kappa shape index (κ1) is 13.5. The number of nitrogens with zero attached hydrogens (tertiary/aromatic N) is 1. The highest BCUT2D eigenvalue weighted by atomic mass is 79.9. The zero-order chi connectivity index (χ0) is 13.8. The quantitative estimate of drug-likeness (QED) is 0.675. The maximum absolute atomic E-state index is 10.9. The van der Waals surface area contributed by atoms with E-state index in [9.17, 15) is 10.1 Å². The Kier molecular flexibility index (Phi) is 4.16. The lowest BCUT2D eigenvalue weighted by Crippen LogP contribution is -2.02. The first-order chi connectivity index (χ1) is 9.08. The van der Waals surface area contributed by atoms with E-state index >= 15 is 0 Å². The third kappa shape index (κ3) is 3.32. The summed E-state index contributed by atoms with van der Waals surface area (Å²) in [5.74, 6) is 0. The van der Waals surface area contributed by atoms with Crippen molar-refractivity contribution >= 4 is 27.3 Å². The molecule has 0 atom stereocenters. The Balaban J connectivity index is 2.14. The summed E-state index contributed by atoms with van der Waals surface area (Å²) in [6, 6.07) is 12.7. The zero-order valence-electron chi connectivity index (χ0n) is 10.4. The van der Waals surface area contributed by atoms with Gasteiger partial charge in [-0.2, -0.15) is 0 Å². The molecular weight excluding hydrogens is 308 g/mol. The highest BCUT2D eigenvalue weighted by Crippen LogP contribution is 2.24. The van der Waals surface area contributed by atoms with Crippen molar-refractivity contribution in [2.45, 2.75) is 13.5 Å². The number of nitro groups is 1. The maximum atomic E-state index is 10.9. The molecule has 0 aliphatic rings. The highest BCUT2D eigenvalue weighted by Gasteiger charge is 2.11. The van der Waals surface area contributed by atoms with Gasteiger partial charge >= 0.3 is 0 Å². The van der Waals surface area contributed by atoms with Crippen molar-refractivity contribution in [2.75, 3.05) is 5.32 Å². The molecule has 2 aromatic rings. The number of nitro benzene ring substituents is 1. The first-order valence-electron chi connectivity index (χ1n) is 5.80. The Morgan fingerprint density at radius 3 is 2.68 bits per heavy atom. The fourth-order valence-corrected chi connectivity index (χ4v) is 2.15. The van der Waals surface area contributed by atoms with Gasteiger partial charge in [-0.15, -0.1) is 0 Å². The van der Waals surface area contributed by atoms with Crippen LogP contribution in [0.3, 0.4) is 0 Å². The predicted molar refractivity (Wildman–Crippen MR) is 79.3 cm³/mol. The second-order valence-electron chi connectivity index (χ2n) is 4.21. The van der Waals surface area contributed by atoms with Crippen molar-refractivity contribution in [2.24, 2.45) is 0 Å². The van der Waals surface area contributed by atoms with Crippen LogP contribution in [-0.2, 0) is 6.54 Å². The van der Waals surface area contributed by atoms with Crippen LogP contribution in [0.1, 0.15) is 11.1 Å². The summed E-state index contributed by atoms with van der Waals surface area (Å²) in [5, 5.41) is 14.0. The minimum absolute atomic E-state index is 0.0914. The molecule has 0 saturated carbocycles. The molecule has 19 heavy (non-hydrogen) atoms. The topological polar surface area (TPSA) is 55.2 Å². The minimum Gasteiger partial charge on any atom is -0.375 e. The highest BCUT2D eigenvalue weighted by molar-refractivity contribution is 9.10. The van der Waals surface area contributed by atoms with E-state index in [1.54, 1.807) is 18.2 Å². The van der Waals surface area contributed by atoms with Gasteiger partial charge in [0.25, 0.3) is 5.69 Å². The second-order valence-corrected chi connectivity index (χ2v) is 5.07. The van der Waals surface area contributed by atoms with Crippen LogP contribution in [0.15, 0.2) is 46.9 Å². The number of nitrogens with one attached hydrogen (secondary N) is 1. The van der Waals surface area contributed by atoms with Gasteiger partial charge in [-0.05, 0) is 30.2 Å². The minimum atomic E-state index is -0.382.